The molecular weight excluding hydrogens is 344 g/mol. The van der Waals surface area contributed by atoms with E-state index in [1.54, 1.807) is 0 Å². The normalized spacial score (nSPS) is 17.5. The molecule has 1 saturated heterocycles. The summed E-state index contributed by atoms with van der Waals surface area (Å²) in [5.41, 5.74) is 2.96. The fourth-order valence-corrected chi connectivity index (χ4v) is 3.61. The van der Waals surface area contributed by atoms with Crippen molar-refractivity contribution in [2.75, 3.05) is 39.6 Å². The van der Waals surface area contributed by atoms with Crippen molar-refractivity contribution in [2.45, 2.75) is 13.0 Å². The second kappa shape index (κ2) is 7.98. The number of amides is 1. The molecule has 0 saturated carbocycles. The van der Waals surface area contributed by atoms with Crippen LogP contribution in [0.2, 0.25) is 0 Å². The summed E-state index contributed by atoms with van der Waals surface area (Å²) in [6.45, 7) is 6.14. The highest BCUT2D eigenvalue weighted by Gasteiger charge is 2.28. The van der Waals surface area contributed by atoms with Crippen LogP contribution >= 0.6 is 0 Å². The lowest BCUT2D eigenvalue weighted by molar-refractivity contribution is -0.937. The number of morpholine rings is 1. The van der Waals surface area contributed by atoms with Gasteiger partial charge in [0.1, 0.15) is 19.1 Å². The lowest BCUT2D eigenvalue weighted by Gasteiger charge is -2.32. The molecule has 27 heavy (non-hydrogen) atoms. The first-order valence-electron chi connectivity index (χ1n) is 9.37. The predicted octanol–water partition coefficient (Wildman–Crippen LogP) is 1.11. The van der Waals surface area contributed by atoms with Crippen molar-refractivity contribution in [3.05, 3.63) is 59.2 Å². The minimum absolute atomic E-state index is 0.0478. The molecule has 0 spiro atoms. The number of ether oxygens (including phenoxy) is 3. The van der Waals surface area contributed by atoms with Crippen LogP contribution in [0, 0.1) is 6.92 Å². The van der Waals surface area contributed by atoms with E-state index in [4.69, 9.17) is 14.2 Å². The zero-order valence-electron chi connectivity index (χ0n) is 15.5. The van der Waals surface area contributed by atoms with E-state index in [0.717, 1.165) is 48.9 Å². The third-order valence-corrected chi connectivity index (χ3v) is 5.21. The topological polar surface area (TPSA) is 61.2 Å². The van der Waals surface area contributed by atoms with E-state index in [9.17, 15) is 4.79 Å². The number of quaternary nitrogens is 1. The minimum atomic E-state index is -0.0478. The van der Waals surface area contributed by atoms with Crippen LogP contribution < -0.4 is 19.7 Å². The molecule has 2 aliphatic heterocycles. The SMILES string of the molecule is Cc1ccc(C(=O)NC[C@@H](c2ccc3c(c2)OCO3)[NH+]2CCOCC2)cc1. The van der Waals surface area contributed by atoms with Crippen molar-refractivity contribution in [1.82, 2.24) is 5.32 Å². The molecule has 4 rings (SSSR count). The zero-order chi connectivity index (χ0) is 18.6. The van der Waals surface area contributed by atoms with E-state index in [0.29, 0.717) is 12.1 Å². The largest absolute Gasteiger partial charge is 0.454 e. The van der Waals surface area contributed by atoms with E-state index < -0.39 is 0 Å². The Morgan fingerprint density at radius 1 is 1.07 bits per heavy atom. The third-order valence-electron chi connectivity index (χ3n) is 5.21. The van der Waals surface area contributed by atoms with Gasteiger partial charge in [-0.05, 0) is 37.3 Å². The molecule has 6 heteroatoms. The van der Waals surface area contributed by atoms with Gasteiger partial charge in [0, 0.05) is 11.1 Å². The molecule has 2 N–H and O–H groups in total. The van der Waals surface area contributed by atoms with E-state index in [-0.39, 0.29) is 18.7 Å². The lowest BCUT2D eigenvalue weighted by atomic mass is 10.0. The summed E-state index contributed by atoms with van der Waals surface area (Å²) < 4.78 is 16.5. The van der Waals surface area contributed by atoms with Gasteiger partial charge in [-0.1, -0.05) is 17.7 Å². The molecule has 0 aromatic heterocycles. The summed E-state index contributed by atoms with van der Waals surface area (Å²) in [6, 6.07) is 13.8. The molecule has 0 bridgehead atoms. The maximum absolute atomic E-state index is 12.6. The number of carbonyl (C=O) groups excluding carboxylic acids is 1. The van der Waals surface area contributed by atoms with Crippen LogP contribution in [-0.2, 0) is 4.74 Å². The highest BCUT2D eigenvalue weighted by molar-refractivity contribution is 5.94. The number of benzene rings is 2. The maximum Gasteiger partial charge on any atom is 0.251 e. The predicted molar refractivity (Wildman–Crippen MR) is 100 cm³/mol. The van der Waals surface area contributed by atoms with E-state index in [2.05, 4.69) is 11.4 Å². The Labute approximate surface area is 159 Å². The second-order valence-corrected chi connectivity index (χ2v) is 7.01. The summed E-state index contributed by atoms with van der Waals surface area (Å²) in [6.07, 6.45) is 0. The Morgan fingerprint density at radius 2 is 1.81 bits per heavy atom. The Hall–Kier alpha value is -2.57. The molecule has 0 unspecified atom stereocenters. The van der Waals surface area contributed by atoms with Crippen LogP contribution in [0.5, 0.6) is 11.5 Å². The Balaban J connectivity index is 1.51. The highest BCUT2D eigenvalue weighted by atomic mass is 16.7. The number of fused-ring (bicyclic) bond motifs is 1. The second-order valence-electron chi connectivity index (χ2n) is 7.01. The molecule has 2 aromatic carbocycles. The Kier molecular flexibility index (Phi) is 5.27. The van der Waals surface area contributed by atoms with Crippen LogP contribution in [0.25, 0.3) is 0 Å². The monoisotopic (exact) mass is 369 g/mol. The van der Waals surface area contributed by atoms with Crippen molar-refractivity contribution in [2.24, 2.45) is 0 Å². The van der Waals surface area contributed by atoms with Gasteiger partial charge < -0.3 is 24.4 Å². The van der Waals surface area contributed by atoms with Crippen molar-refractivity contribution in [3.8, 4) is 11.5 Å². The minimum Gasteiger partial charge on any atom is -0.454 e. The molecular formula is C21H25N2O4+. The van der Waals surface area contributed by atoms with Gasteiger partial charge in [-0.15, -0.1) is 0 Å². The van der Waals surface area contributed by atoms with Gasteiger partial charge in [0.15, 0.2) is 11.5 Å². The maximum atomic E-state index is 12.6. The van der Waals surface area contributed by atoms with E-state index in [1.165, 1.54) is 4.90 Å². The number of carbonyl (C=O) groups is 1. The van der Waals surface area contributed by atoms with Crippen molar-refractivity contribution < 1.29 is 23.9 Å². The van der Waals surface area contributed by atoms with Gasteiger partial charge in [0.05, 0.1) is 19.8 Å². The summed E-state index contributed by atoms with van der Waals surface area (Å²) in [7, 11) is 0. The van der Waals surface area contributed by atoms with Crippen molar-refractivity contribution in [3.63, 3.8) is 0 Å². The average Bonchev–Trinajstić information content (AvgIpc) is 3.17. The number of hydrogen-bond donors (Lipinski definition) is 2. The van der Waals surface area contributed by atoms with Gasteiger partial charge >= 0.3 is 0 Å². The fraction of sp³-hybridized carbons (Fsp3) is 0.381. The van der Waals surface area contributed by atoms with Crippen LogP contribution in [0.1, 0.15) is 27.5 Å². The van der Waals surface area contributed by atoms with Gasteiger partial charge in [0.25, 0.3) is 5.91 Å². The third kappa shape index (κ3) is 4.07. The molecule has 0 aliphatic carbocycles. The molecule has 1 fully saturated rings. The summed E-state index contributed by atoms with van der Waals surface area (Å²) in [5, 5.41) is 3.11. The fourth-order valence-electron chi connectivity index (χ4n) is 3.61. The number of rotatable bonds is 5. The number of hydrogen-bond acceptors (Lipinski definition) is 4. The molecule has 2 aliphatic rings. The quantitative estimate of drug-likeness (QED) is 0.829. The standard InChI is InChI=1S/C21H24N2O4/c1-15-2-4-16(5-3-15)21(24)22-13-18(23-8-10-25-11-9-23)17-6-7-19-20(12-17)27-14-26-19/h2-7,12,18H,8-11,13-14H2,1H3,(H,22,24)/p+1/t18-/m0/s1. The molecule has 6 nitrogen and oxygen atoms in total. The number of nitrogens with one attached hydrogen (secondary N) is 2. The van der Waals surface area contributed by atoms with Crippen molar-refractivity contribution in [1.29, 1.82) is 0 Å². The van der Waals surface area contributed by atoms with Crippen LogP contribution in [0.15, 0.2) is 42.5 Å². The van der Waals surface area contributed by atoms with Crippen molar-refractivity contribution >= 4 is 5.91 Å². The lowest BCUT2D eigenvalue weighted by Crippen LogP contribution is -3.15. The summed E-state index contributed by atoms with van der Waals surface area (Å²) in [4.78, 5) is 14.0. The van der Waals surface area contributed by atoms with Crippen LogP contribution in [0.4, 0.5) is 0 Å². The first-order valence-corrected chi connectivity index (χ1v) is 9.37. The van der Waals surface area contributed by atoms with Gasteiger partial charge in [-0.3, -0.25) is 4.79 Å². The van der Waals surface area contributed by atoms with E-state index >= 15 is 0 Å². The smallest absolute Gasteiger partial charge is 0.251 e. The van der Waals surface area contributed by atoms with Crippen LogP contribution in [0.3, 0.4) is 0 Å². The van der Waals surface area contributed by atoms with Crippen LogP contribution in [-0.4, -0.2) is 45.5 Å². The first-order chi connectivity index (χ1) is 13.2. The van der Waals surface area contributed by atoms with Gasteiger partial charge in [-0.2, -0.15) is 0 Å². The Bertz CT molecular complexity index is 800. The molecule has 142 valence electrons. The number of aryl methyl sites for hydroxylation is 1. The first kappa shape index (κ1) is 17.8. The van der Waals surface area contributed by atoms with Gasteiger partial charge in [-0.25, -0.2) is 0 Å². The average molecular weight is 369 g/mol. The molecule has 1 amide bonds. The summed E-state index contributed by atoms with van der Waals surface area (Å²) in [5.74, 6) is 1.50. The van der Waals surface area contributed by atoms with E-state index in [1.807, 2.05) is 43.3 Å². The molecule has 1 atom stereocenters. The molecule has 2 aromatic rings. The molecule has 2 heterocycles. The highest BCUT2D eigenvalue weighted by Crippen LogP contribution is 2.33. The summed E-state index contributed by atoms with van der Waals surface area (Å²) >= 11 is 0. The van der Waals surface area contributed by atoms with Gasteiger partial charge in [0.2, 0.25) is 6.79 Å². The molecule has 0 radical (unpaired) electrons. The Morgan fingerprint density at radius 3 is 2.59 bits per heavy atom. The zero-order valence-corrected chi connectivity index (χ0v) is 15.5.